The number of nitriles is 1. The highest BCUT2D eigenvalue weighted by atomic mass is 35.5. The minimum atomic E-state index is 0.122. The molecule has 9 heteroatoms. The van der Waals surface area contributed by atoms with E-state index in [4.69, 9.17) is 38.9 Å². The van der Waals surface area contributed by atoms with Gasteiger partial charge < -0.3 is 15.8 Å². The fourth-order valence-corrected chi connectivity index (χ4v) is 3.06. The molecule has 0 amide bonds. The lowest BCUT2D eigenvalue weighted by molar-refractivity contribution is 0.482. The Morgan fingerprint density at radius 3 is 2.45 bits per heavy atom. The van der Waals surface area contributed by atoms with Crippen LogP contribution < -0.4 is 15.8 Å². The lowest BCUT2D eigenvalue weighted by atomic mass is 10.1. The average Bonchev–Trinajstić information content (AvgIpc) is 2.77. The van der Waals surface area contributed by atoms with Gasteiger partial charge in [0.05, 0.1) is 15.7 Å². The Morgan fingerprint density at radius 1 is 0.903 bits per heavy atom. The summed E-state index contributed by atoms with van der Waals surface area (Å²) in [5.41, 5.74) is 8.32. The number of pyridine rings is 1. The molecule has 4 aromatic rings. The van der Waals surface area contributed by atoms with Crippen LogP contribution in [-0.4, -0.2) is 15.0 Å². The van der Waals surface area contributed by atoms with Crippen molar-refractivity contribution in [3.05, 3.63) is 82.6 Å². The molecule has 3 N–H and O–H groups in total. The molecule has 0 aliphatic carbocycles. The van der Waals surface area contributed by atoms with Gasteiger partial charge in [0.25, 0.3) is 0 Å². The Bertz CT molecular complexity index is 1290. The van der Waals surface area contributed by atoms with Crippen molar-refractivity contribution in [3.8, 4) is 28.8 Å². The summed E-state index contributed by atoms with van der Waals surface area (Å²) in [7, 11) is 0. The monoisotopic (exact) mass is 448 g/mol. The standard InChI is InChI=1S/C22H14Cl2N6O/c23-18-6-1-13(9-19(18)24)20-11-21(30-22(26)29-20)28-14-2-4-16(5-3-14)31-17-7-8-27-15(10-17)12-25/h1-11H,(H3,26,28,29,30). The first-order valence-electron chi connectivity index (χ1n) is 9.01. The van der Waals surface area contributed by atoms with Crippen LogP contribution in [0, 0.1) is 11.3 Å². The van der Waals surface area contributed by atoms with Crippen molar-refractivity contribution in [1.29, 1.82) is 5.26 Å². The Kier molecular flexibility index (Phi) is 5.85. The molecular weight excluding hydrogens is 435 g/mol. The van der Waals surface area contributed by atoms with Crippen LogP contribution in [0.2, 0.25) is 10.0 Å². The minimum absolute atomic E-state index is 0.122. The van der Waals surface area contributed by atoms with Gasteiger partial charge in [-0.1, -0.05) is 29.3 Å². The molecule has 0 saturated carbocycles. The maximum absolute atomic E-state index is 8.93. The molecule has 0 aliphatic rings. The molecule has 0 unspecified atom stereocenters. The van der Waals surface area contributed by atoms with Gasteiger partial charge in [-0.05, 0) is 42.5 Å². The predicted octanol–water partition coefficient (Wildman–Crippen LogP) is 5.84. The number of benzene rings is 2. The number of nitrogens with one attached hydrogen (secondary N) is 1. The lowest BCUT2D eigenvalue weighted by Crippen LogP contribution is -2.01. The third-order valence-electron chi connectivity index (χ3n) is 4.17. The van der Waals surface area contributed by atoms with E-state index in [1.165, 1.54) is 6.20 Å². The number of halogens is 2. The Balaban J connectivity index is 1.52. The third kappa shape index (κ3) is 5.01. The number of hydrogen-bond acceptors (Lipinski definition) is 7. The number of aromatic nitrogens is 3. The molecule has 2 aromatic heterocycles. The number of rotatable bonds is 5. The normalized spacial score (nSPS) is 10.4. The molecule has 0 fully saturated rings. The highest BCUT2D eigenvalue weighted by Crippen LogP contribution is 2.30. The second-order valence-corrected chi connectivity index (χ2v) is 7.18. The number of hydrogen-bond donors (Lipinski definition) is 2. The van der Waals surface area contributed by atoms with Crippen LogP contribution in [0.3, 0.4) is 0 Å². The van der Waals surface area contributed by atoms with Gasteiger partial charge in [0, 0.05) is 29.6 Å². The van der Waals surface area contributed by atoms with Gasteiger partial charge in [-0.25, -0.2) is 9.97 Å². The number of nitrogens with zero attached hydrogens (tertiary/aromatic N) is 4. The van der Waals surface area contributed by atoms with Crippen molar-refractivity contribution in [2.24, 2.45) is 0 Å². The zero-order chi connectivity index (χ0) is 21.8. The molecule has 0 spiro atoms. The zero-order valence-electron chi connectivity index (χ0n) is 15.9. The van der Waals surface area contributed by atoms with Crippen molar-refractivity contribution >= 4 is 40.7 Å². The SMILES string of the molecule is N#Cc1cc(Oc2ccc(Nc3cc(-c4ccc(Cl)c(Cl)c4)nc(N)n3)cc2)ccn1. The van der Waals surface area contributed by atoms with Gasteiger partial charge in [0.15, 0.2) is 0 Å². The first kappa shape index (κ1) is 20.4. The summed E-state index contributed by atoms with van der Waals surface area (Å²) in [6, 6.07) is 19.5. The number of nitrogen functional groups attached to an aromatic ring is 1. The zero-order valence-corrected chi connectivity index (χ0v) is 17.4. The molecule has 0 bridgehead atoms. The first-order valence-corrected chi connectivity index (χ1v) is 9.77. The van der Waals surface area contributed by atoms with Crippen LogP contribution in [0.25, 0.3) is 11.3 Å². The van der Waals surface area contributed by atoms with Gasteiger partial charge >= 0.3 is 0 Å². The smallest absolute Gasteiger partial charge is 0.222 e. The Hall–Kier alpha value is -3.86. The van der Waals surface area contributed by atoms with Crippen molar-refractivity contribution in [2.75, 3.05) is 11.1 Å². The predicted molar refractivity (Wildman–Crippen MR) is 121 cm³/mol. The molecule has 0 saturated heterocycles. The minimum Gasteiger partial charge on any atom is -0.457 e. The van der Waals surface area contributed by atoms with E-state index in [1.54, 1.807) is 42.5 Å². The molecule has 0 radical (unpaired) electrons. The van der Waals surface area contributed by atoms with E-state index in [0.717, 1.165) is 11.3 Å². The van der Waals surface area contributed by atoms with Crippen molar-refractivity contribution in [3.63, 3.8) is 0 Å². The second kappa shape index (κ2) is 8.88. The van der Waals surface area contributed by atoms with E-state index in [-0.39, 0.29) is 11.6 Å². The summed E-state index contributed by atoms with van der Waals surface area (Å²) in [5, 5.41) is 13.0. The van der Waals surface area contributed by atoms with Gasteiger partial charge in [-0.15, -0.1) is 0 Å². The molecular formula is C22H14Cl2N6O. The van der Waals surface area contributed by atoms with Crippen LogP contribution in [0.15, 0.2) is 66.9 Å². The van der Waals surface area contributed by atoms with E-state index >= 15 is 0 Å². The average molecular weight is 449 g/mol. The van der Waals surface area contributed by atoms with Gasteiger partial charge in [0.1, 0.15) is 29.1 Å². The van der Waals surface area contributed by atoms with Crippen LogP contribution >= 0.6 is 23.2 Å². The second-order valence-electron chi connectivity index (χ2n) is 6.37. The topological polar surface area (TPSA) is 110 Å². The molecule has 7 nitrogen and oxygen atoms in total. The summed E-state index contributed by atoms with van der Waals surface area (Å²) < 4.78 is 5.76. The summed E-state index contributed by atoms with van der Waals surface area (Å²) in [6.45, 7) is 0. The quantitative estimate of drug-likeness (QED) is 0.394. The molecule has 0 aliphatic heterocycles. The lowest BCUT2D eigenvalue weighted by Gasteiger charge is -2.10. The number of anilines is 3. The van der Waals surface area contributed by atoms with Crippen molar-refractivity contribution < 1.29 is 4.74 Å². The molecule has 152 valence electrons. The number of nitrogens with two attached hydrogens (primary N) is 1. The maximum atomic E-state index is 8.93. The summed E-state index contributed by atoms with van der Waals surface area (Å²) >= 11 is 12.1. The highest BCUT2D eigenvalue weighted by Gasteiger charge is 2.08. The van der Waals surface area contributed by atoms with Crippen LogP contribution in [-0.2, 0) is 0 Å². The molecule has 0 atom stereocenters. The molecule has 2 heterocycles. The van der Waals surface area contributed by atoms with Crippen LogP contribution in [0.5, 0.6) is 11.5 Å². The van der Waals surface area contributed by atoms with Gasteiger partial charge in [0.2, 0.25) is 5.95 Å². The molecule has 31 heavy (non-hydrogen) atoms. The van der Waals surface area contributed by atoms with Gasteiger partial charge in [-0.3, -0.25) is 0 Å². The number of ether oxygens (including phenoxy) is 1. The van der Waals surface area contributed by atoms with E-state index in [9.17, 15) is 0 Å². The van der Waals surface area contributed by atoms with Crippen LogP contribution in [0.4, 0.5) is 17.5 Å². The van der Waals surface area contributed by atoms with Crippen molar-refractivity contribution in [1.82, 2.24) is 15.0 Å². The van der Waals surface area contributed by atoms with Crippen molar-refractivity contribution in [2.45, 2.75) is 0 Å². The summed E-state index contributed by atoms with van der Waals surface area (Å²) in [5.74, 6) is 1.79. The fraction of sp³-hybridized carbons (Fsp3) is 0. The van der Waals surface area contributed by atoms with E-state index in [2.05, 4.69) is 20.3 Å². The highest BCUT2D eigenvalue weighted by molar-refractivity contribution is 6.42. The van der Waals surface area contributed by atoms with Gasteiger partial charge in [-0.2, -0.15) is 10.2 Å². The van der Waals surface area contributed by atoms with E-state index in [0.29, 0.717) is 33.1 Å². The fourth-order valence-electron chi connectivity index (χ4n) is 2.76. The third-order valence-corrected chi connectivity index (χ3v) is 4.91. The molecule has 4 rings (SSSR count). The Morgan fingerprint density at radius 2 is 1.71 bits per heavy atom. The Labute approximate surface area is 188 Å². The largest absolute Gasteiger partial charge is 0.457 e. The van der Waals surface area contributed by atoms with E-state index < -0.39 is 0 Å². The first-order chi connectivity index (χ1) is 15.0. The summed E-state index contributed by atoms with van der Waals surface area (Å²) in [6.07, 6.45) is 1.52. The van der Waals surface area contributed by atoms with Crippen LogP contribution in [0.1, 0.15) is 5.69 Å². The molecule has 2 aromatic carbocycles. The maximum Gasteiger partial charge on any atom is 0.222 e. The summed E-state index contributed by atoms with van der Waals surface area (Å²) in [4.78, 5) is 12.4. The van der Waals surface area contributed by atoms with E-state index in [1.807, 2.05) is 24.3 Å².